The molecule has 0 fully saturated rings. The predicted molar refractivity (Wildman–Crippen MR) is 85.2 cm³/mol. The van der Waals surface area contributed by atoms with Crippen molar-refractivity contribution in [3.05, 3.63) is 64.1 Å². The lowest BCUT2D eigenvalue weighted by Gasteiger charge is -2.24. The molecule has 0 spiro atoms. The van der Waals surface area contributed by atoms with Gasteiger partial charge >= 0.3 is 0 Å². The molecule has 0 aromatic heterocycles. The molecule has 2 aromatic rings. The van der Waals surface area contributed by atoms with Gasteiger partial charge in [-0.1, -0.05) is 46.3 Å². The van der Waals surface area contributed by atoms with Crippen molar-refractivity contribution in [3.8, 4) is 5.75 Å². The van der Waals surface area contributed by atoms with E-state index in [0.717, 1.165) is 21.3 Å². The molecule has 0 heterocycles. The van der Waals surface area contributed by atoms with Gasteiger partial charge in [-0.2, -0.15) is 0 Å². The molecular weight excluding hydrogens is 316 g/mol. The highest BCUT2D eigenvalue weighted by Gasteiger charge is 2.23. The molecule has 1 unspecified atom stereocenters. The van der Waals surface area contributed by atoms with Crippen molar-refractivity contribution in [2.45, 2.75) is 25.4 Å². The minimum Gasteiger partial charge on any atom is -0.496 e. The average molecular weight is 335 g/mol. The normalized spacial score (nSPS) is 13.8. The van der Waals surface area contributed by atoms with E-state index in [9.17, 15) is 5.11 Å². The molecule has 2 aromatic carbocycles. The molecule has 0 aliphatic carbocycles. The Hall–Kier alpha value is -1.32. The summed E-state index contributed by atoms with van der Waals surface area (Å²) in [5, 5.41) is 10.6. The smallest absolute Gasteiger partial charge is 0.122 e. The van der Waals surface area contributed by atoms with Crippen molar-refractivity contribution in [2.24, 2.45) is 0 Å². The molecule has 106 valence electrons. The molecule has 0 saturated heterocycles. The summed E-state index contributed by atoms with van der Waals surface area (Å²) in [6, 6.07) is 15.9. The zero-order valence-electron chi connectivity index (χ0n) is 11.8. The fourth-order valence-electron chi connectivity index (χ4n) is 2.36. The summed E-state index contributed by atoms with van der Waals surface area (Å²) >= 11 is 3.42. The molecule has 0 amide bonds. The van der Waals surface area contributed by atoms with Crippen molar-refractivity contribution in [1.29, 1.82) is 0 Å². The highest BCUT2D eigenvalue weighted by Crippen LogP contribution is 2.25. The molecule has 1 N–H and O–H groups in total. The molecule has 2 nitrogen and oxygen atoms in total. The highest BCUT2D eigenvalue weighted by atomic mass is 79.9. The van der Waals surface area contributed by atoms with Crippen LogP contribution in [-0.2, 0) is 12.8 Å². The van der Waals surface area contributed by atoms with Crippen molar-refractivity contribution < 1.29 is 9.84 Å². The SMILES string of the molecule is COc1ccccc1CC(C)(O)Cc1ccc(Br)cc1. The Morgan fingerprint density at radius 3 is 2.35 bits per heavy atom. The molecule has 20 heavy (non-hydrogen) atoms. The lowest BCUT2D eigenvalue weighted by atomic mass is 9.89. The number of hydrogen-bond donors (Lipinski definition) is 1. The summed E-state index contributed by atoms with van der Waals surface area (Å²) < 4.78 is 6.39. The van der Waals surface area contributed by atoms with Gasteiger partial charge in [-0.25, -0.2) is 0 Å². The van der Waals surface area contributed by atoms with Gasteiger partial charge in [0.15, 0.2) is 0 Å². The standard InChI is InChI=1S/C17H19BrO2/c1-17(19,11-13-7-9-15(18)10-8-13)12-14-5-3-4-6-16(14)20-2/h3-10,19H,11-12H2,1-2H3. The Morgan fingerprint density at radius 1 is 1.05 bits per heavy atom. The first kappa shape index (κ1) is 15.1. The van der Waals surface area contributed by atoms with E-state index in [2.05, 4.69) is 15.9 Å². The van der Waals surface area contributed by atoms with Gasteiger partial charge in [0.2, 0.25) is 0 Å². The zero-order chi connectivity index (χ0) is 14.6. The van der Waals surface area contributed by atoms with Crippen LogP contribution >= 0.6 is 15.9 Å². The van der Waals surface area contributed by atoms with Crippen LogP contribution in [0.15, 0.2) is 53.0 Å². The van der Waals surface area contributed by atoms with Crippen LogP contribution in [0.2, 0.25) is 0 Å². The summed E-state index contributed by atoms with van der Waals surface area (Å²) in [4.78, 5) is 0. The third-order valence-electron chi connectivity index (χ3n) is 3.26. The number of rotatable bonds is 5. The van der Waals surface area contributed by atoms with Gasteiger partial charge in [0.05, 0.1) is 12.7 Å². The number of para-hydroxylation sites is 1. The Balaban J connectivity index is 2.12. The van der Waals surface area contributed by atoms with E-state index in [-0.39, 0.29) is 0 Å². The number of methoxy groups -OCH3 is 1. The highest BCUT2D eigenvalue weighted by molar-refractivity contribution is 9.10. The van der Waals surface area contributed by atoms with Gasteiger partial charge in [-0.3, -0.25) is 0 Å². The molecule has 3 heteroatoms. The fourth-order valence-corrected chi connectivity index (χ4v) is 2.63. The lowest BCUT2D eigenvalue weighted by Crippen LogP contribution is -2.30. The second-order valence-corrected chi connectivity index (χ2v) is 6.20. The number of benzene rings is 2. The van der Waals surface area contributed by atoms with E-state index in [1.54, 1.807) is 7.11 Å². The van der Waals surface area contributed by atoms with Crippen LogP contribution in [0.25, 0.3) is 0 Å². The molecule has 0 saturated carbocycles. The Bertz CT molecular complexity index is 561. The Morgan fingerprint density at radius 2 is 1.70 bits per heavy atom. The van der Waals surface area contributed by atoms with Gasteiger partial charge in [0, 0.05) is 17.3 Å². The largest absolute Gasteiger partial charge is 0.496 e. The summed E-state index contributed by atoms with van der Waals surface area (Å²) in [7, 11) is 1.66. The van der Waals surface area contributed by atoms with E-state index in [1.807, 2.05) is 55.5 Å². The van der Waals surface area contributed by atoms with Crippen molar-refractivity contribution >= 4 is 15.9 Å². The summed E-state index contributed by atoms with van der Waals surface area (Å²) in [5.74, 6) is 0.823. The topological polar surface area (TPSA) is 29.5 Å². The fraction of sp³-hybridized carbons (Fsp3) is 0.294. The van der Waals surface area contributed by atoms with Crippen LogP contribution in [0.1, 0.15) is 18.1 Å². The summed E-state index contributed by atoms with van der Waals surface area (Å²) in [6.45, 7) is 1.86. The predicted octanol–water partition coefficient (Wildman–Crippen LogP) is 3.99. The van der Waals surface area contributed by atoms with E-state index >= 15 is 0 Å². The Labute approximate surface area is 128 Å². The monoisotopic (exact) mass is 334 g/mol. The molecular formula is C17H19BrO2. The quantitative estimate of drug-likeness (QED) is 0.895. The molecule has 0 radical (unpaired) electrons. The van der Waals surface area contributed by atoms with Crippen molar-refractivity contribution in [1.82, 2.24) is 0 Å². The number of ether oxygens (including phenoxy) is 1. The molecule has 0 aliphatic heterocycles. The molecule has 1 atom stereocenters. The average Bonchev–Trinajstić information content (AvgIpc) is 2.41. The van der Waals surface area contributed by atoms with E-state index in [0.29, 0.717) is 12.8 Å². The second kappa shape index (κ2) is 6.42. The summed E-state index contributed by atoms with van der Waals surface area (Å²) in [5.41, 5.74) is 1.34. The number of halogens is 1. The number of hydrogen-bond acceptors (Lipinski definition) is 2. The second-order valence-electron chi connectivity index (χ2n) is 5.29. The van der Waals surface area contributed by atoms with Crippen LogP contribution < -0.4 is 4.74 Å². The van der Waals surface area contributed by atoms with Crippen LogP contribution in [-0.4, -0.2) is 17.8 Å². The van der Waals surface area contributed by atoms with E-state index < -0.39 is 5.60 Å². The number of aliphatic hydroxyl groups is 1. The van der Waals surface area contributed by atoms with E-state index in [4.69, 9.17) is 4.74 Å². The van der Waals surface area contributed by atoms with Crippen molar-refractivity contribution in [3.63, 3.8) is 0 Å². The summed E-state index contributed by atoms with van der Waals surface area (Å²) in [6.07, 6.45) is 1.17. The first-order valence-electron chi connectivity index (χ1n) is 6.59. The molecule has 0 aliphatic rings. The maximum atomic E-state index is 10.6. The third kappa shape index (κ3) is 4.09. The van der Waals surface area contributed by atoms with Gasteiger partial charge in [-0.05, 0) is 36.2 Å². The molecule has 2 rings (SSSR count). The van der Waals surface area contributed by atoms with Crippen LogP contribution in [0.3, 0.4) is 0 Å². The first-order valence-corrected chi connectivity index (χ1v) is 7.38. The maximum absolute atomic E-state index is 10.6. The van der Waals surface area contributed by atoms with Crippen LogP contribution in [0, 0.1) is 0 Å². The Kier molecular flexibility index (Phi) is 4.84. The van der Waals surface area contributed by atoms with E-state index in [1.165, 1.54) is 0 Å². The van der Waals surface area contributed by atoms with Gasteiger partial charge in [0.25, 0.3) is 0 Å². The van der Waals surface area contributed by atoms with Gasteiger partial charge in [-0.15, -0.1) is 0 Å². The first-order chi connectivity index (χ1) is 9.50. The van der Waals surface area contributed by atoms with Crippen molar-refractivity contribution in [2.75, 3.05) is 7.11 Å². The third-order valence-corrected chi connectivity index (χ3v) is 3.79. The minimum atomic E-state index is -0.803. The lowest BCUT2D eigenvalue weighted by molar-refractivity contribution is 0.0602. The maximum Gasteiger partial charge on any atom is 0.122 e. The molecule has 0 bridgehead atoms. The van der Waals surface area contributed by atoms with Gasteiger partial charge < -0.3 is 9.84 Å². The zero-order valence-corrected chi connectivity index (χ0v) is 13.4. The van der Waals surface area contributed by atoms with Crippen LogP contribution in [0.5, 0.6) is 5.75 Å². The minimum absolute atomic E-state index is 0.563. The van der Waals surface area contributed by atoms with Crippen LogP contribution in [0.4, 0.5) is 0 Å². The van der Waals surface area contributed by atoms with Gasteiger partial charge in [0.1, 0.15) is 5.75 Å².